The van der Waals surface area contributed by atoms with E-state index in [0.717, 1.165) is 5.75 Å². The van der Waals surface area contributed by atoms with Gasteiger partial charge in [0.2, 0.25) is 0 Å². The Bertz CT molecular complexity index is 567. The number of para-hydroxylation sites is 1. The lowest BCUT2D eigenvalue weighted by Gasteiger charge is -2.14. The van der Waals surface area contributed by atoms with E-state index in [-0.39, 0.29) is 11.8 Å². The van der Waals surface area contributed by atoms with Crippen LogP contribution in [0.15, 0.2) is 42.5 Å². The topological polar surface area (TPSA) is 44.5 Å². The van der Waals surface area contributed by atoms with Crippen LogP contribution in [0.4, 0.5) is 4.39 Å². The van der Waals surface area contributed by atoms with Gasteiger partial charge in [-0.2, -0.15) is 0 Å². The van der Waals surface area contributed by atoms with Gasteiger partial charge < -0.3 is 15.2 Å². The average Bonchev–Trinajstić information content (AvgIpc) is 2.43. The van der Waals surface area contributed by atoms with Gasteiger partial charge in [0.1, 0.15) is 11.5 Å². The monoisotopic (exact) mass is 275 g/mol. The summed E-state index contributed by atoms with van der Waals surface area (Å²) < 4.78 is 24.9. The molecule has 0 saturated carbocycles. The third-order valence-electron chi connectivity index (χ3n) is 2.84. The fourth-order valence-corrected chi connectivity index (χ4v) is 1.88. The number of ether oxygens (including phenoxy) is 2. The van der Waals surface area contributed by atoms with Gasteiger partial charge in [-0.3, -0.25) is 0 Å². The van der Waals surface area contributed by atoms with Crippen molar-refractivity contribution in [3.63, 3.8) is 0 Å². The predicted molar refractivity (Wildman–Crippen MR) is 76.7 cm³/mol. The first kappa shape index (κ1) is 14.3. The maximum absolute atomic E-state index is 13.9. The maximum atomic E-state index is 13.9. The lowest BCUT2D eigenvalue weighted by Crippen LogP contribution is -2.07. The number of nitrogens with two attached hydrogens (primary N) is 1. The van der Waals surface area contributed by atoms with Crippen LogP contribution in [-0.4, -0.2) is 6.61 Å². The van der Waals surface area contributed by atoms with Crippen LogP contribution in [0, 0.1) is 5.82 Å². The number of rotatable bonds is 5. The van der Waals surface area contributed by atoms with Crippen molar-refractivity contribution >= 4 is 0 Å². The molecule has 4 heteroatoms. The van der Waals surface area contributed by atoms with E-state index in [1.54, 1.807) is 43.3 Å². The Morgan fingerprint density at radius 2 is 1.75 bits per heavy atom. The first-order chi connectivity index (χ1) is 9.61. The minimum Gasteiger partial charge on any atom is -0.494 e. The highest BCUT2D eigenvalue weighted by Crippen LogP contribution is 2.32. The molecule has 2 aromatic rings. The maximum Gasteiger partial charge on any atom is 0.167 e. The predicted octanol–water partition coefficient (Wildman–Crippen LogP) is 4.04. The molecular formula is C16H18FNO2. The van der Waals surface area contributed by atoms with Crippen molar-refractivity contribution in [2.45, 2.75) is 19.9 Å². The Hall–Kier alpha value is -2.07. The van der Waals surface area contributed by atoms with Gasteiger partial charge in [0, 0.05) is 11.6 Å². The number of hydrogen-bond acceptors (Lipinski definition) is 3. The van der Waals surface area contributed by atoms with Gasteiger partial charge in [0.25, 0.3) is 0 Å². The summed E-state index contributed by atoms with van der Waals surface area (Å²) in [6.45, 7) is 4.31. The lowest BCUT2D eigenvalue weighted by atomic mass is 10.1. The zero-order chi connectivity index (χ0) is 14.5. The van der Waals surface area contributed by atoms with Crippen molar-refractivity contribution in [1.29, 1.82) is 0 Å². The molecule has 0 heterocycles. The van der Waals surface area contributed by atoms with Gasteiger partial charge in [0.15, 0.2) is 11.6 Å². The van der Waals surface area contributed by atoms with Crippen LogP contribution in [0.2, 0.25) is 0 Å². The first-order valence-electron chi connectivity index (χ1n) is 6.56. The Morgan fingerprint density at radius 3 is 2.35 bits per heavy atom. The van der Waals surface area contributed by atoms with E-state index in [9.17, 15) is 4.39 Å². The van der Waals surface area contributed by atoms with Crippen LogP contribution in [-0.2, 0) is 0 Å². The van der Waals surface area contributed by atoms with E-state index in [1.165, 1.54) is 6.07 Å². The van der Waals surface area contributed by atoms with E-state index >= 15 is 0 Å². The van der Waals surface area contributed by atoms with Gasteiger partial charge in [-0.05, 0) is 44.2 Å². The fourth-order valence-electron chi connectivity index (χ4n) is 1.88. The van der Waals surface area contributed by atoms with E-state index < -0.39 is 5.82 Å². The Morgan fingerprint density at radius 1 is 1.10 bits per heavy atom. The van der Waals surface area contributed by atoms with Gasteiger partial charge in [-0.25, -0.2) is 4.39 Å². The summed E-state index contributed by atoms with van der Waals surface area (Å²) in [5.74, 6) is 1.04. The second-order valence-electron chi connectivity index (χ2n) is 4.45. The van der Waals surface area contributed by atoms with E-state index in [1.807, 2.05) is 6.92 Å². The molecule has 3 nitrogen and oxygen atoms in total. The molecule has 0 aliphatic rings. The number of hydrogen-bond donors (Lipinski definition) is 1. The highest BCUT2D eigenvalue weighted by molar-refractivity contribution is 5.41. The Labute approximate surface area is 118 Å². The highest BCUT2D eigenvalue weighted by Gasteiger charge is 2.13. The molecule has 1 atom stereocenters. The van der Waals surface area contributed by atoms with Crippen LogP contribution in [0.5, 0.6) is 17.2 Å². The van der Waals surface area contributed by atoms with Crippen molar-refractivity contribution in [2.24, 2.45) is 5.73 Å². The minimum atomic E-state index is -0.423. The summed E-state index contributed by atoms with van der Waals surface area (Å²) in [7, 11) is 0. The summed E-state index contributed by atoms with van der Waals surface area (Å²) in [4.78, 5) is 0. The summed E-state index contributed by atoms with van der Waals surface area (Å²) in [6.07, 6.45) is 0. The third kappa shape index (κ3) is 3.27. The minimum absolute atomic E-state index is 0.173. The second kappa shape index (κ2) is 6.39. The molecule has 0 aliphatic heterocycles. The standard InChI is InChI=1S/C16H18FNO2/c1-3-19-12-7-9-13(10-8-12)20-16-14(11(2)18)5-4-6-15(16)17/h4-11H,3,18H2,1-2H3/t11-/m0/s1. The summed E-state index contributed by atoms with van der Waals surface area (Å²) in [5, 5.41) is 0. The summed E-state index contributed by atoms with van der Waals surface area (Å²) >= 11 is 0. The molecule has 0 radical (unpaired) electrons. The van der Waals surface area contributed by atoms with Gasteiger partial charge in [-0.1, -0.05) is 12.1 Å². The van der Waals surface area contributed by atoms with Crippen molar-refractivity contribution in [2.75, 3.05) is 6.61 Å². The fraction of sp³-hybridized carbons (Fsp3) is 0.250. The quantitative estimate of drug-likeness (QED) is 0.895. The van der Waals surface area contributed by atoms with Crippen molar-refractivity contribution < 1.29 is 13.9 Å². The number of benzene rings is 2. The first-order valence-corrected chi connectivity index (χ1v) is 6.56. The smallest absolute Gasteiger partial charge is 0.167 e. The molecule has 2 N–H and O–H groups in total. The summed E-state index contributed by atoms with van der Waals surface area (Å²) in [6, 6.07) is 11.5. The molecule has 2 aromatic carbocycles. The largest absolute Gasteiger partial charge is 0.494 e. The zero-order valence-electron chi connectivity index (χ0n) is 11.6. The molecule has 0 unspecified atom stereocenters. The zero-order valence-corrected chi connectivity index (χ0v) is 11.6. The molecule has 106 valence electrons. The molecule has 20 heavy (non-hydrogen) atoms. The van der Waals surface area contributed by atoms with Crippen LogP contribution < -0.4 is 15.2 Å². The van der Waals surface area contributed by atoms with Crippen LogP contribution in [0.3, 0.4) is 0 Å². The molecule has 0 bridgehead atoms. The van der Waals surface area contributed by atoms with Crippen molar-refractivity contribution in [1.82, 2.24) is 0 Å². The van der Waals surface area contributed by atoms with E-state index in [4.69, 9.17) is 15.2 Å². The van der Waals surface area contributed by atoms with Crippen LogP contribution >= 0.6 is 0 Å². The molecule has 0 aromatic heterocycles. The molecule has 0 aliphatic carbocycles. The van der Waals surface area contributed by atoms with E-state index in [0.29, 0.717) is 17.9 Å². The molecule has 0 saturated heterocycles. The molecule has 0 spiro atoms. The normalized spacial score (nSPS) is 12.0. The Kier molecular flexibility index (Phi) is 4.58. The molecule has 0 amide bonds. The van der Waals surface area contributed by atoms with E-state index in [2.05, 4.69) is 0 Å². The SMILES string of the molecule is CCOc1ccc(Oc2c(F)cccc2[C@H](C)N)cc1. The third-order valence-corrected chi connectivity index (χ3v) is 2.84. The highest BCUT2D eigenvalue weighted by atomic mass is 19.1. The average molecular weight is 275 g/mol. The number of halogens is 1. The van der Waals surface area contributed by atoms with Crippen molar-refractivity contribution in [3.8, 4) is 17.2 Å². The Balaban J connectivity index is 2.25. The summed E-state index contributed by atoms with van der Waals surface area (Å²) in [5.41, 5.74) is 6.47. The van der Waals surface area contributed by atoms with Crippen molar-refractivity contribution in [3.05, 3.63) is 53.8 Å². The molecule has 0 fully saturated rings. The van der Waals surface area contributed by atoms with Gasteiger partial charge in [0.05, 0.1) is 6.61 Å². The van der Waals surface area contributed by atoms with Crippen LogP contribution in [0.25, 0.3) is 0 Å². The van der Waals surface area contributed by atoms with Crippen LogP contribution in [0.1, 0.15) is 25.5 Å². The molecule has 2 rings (SSSR count). The van der Waals surface area contributed by atoms with Gasteiger partial charge in [-0.15, -0.1) is 0 Å². The lowest BCUT2D eigenvalue weighted by molar-refractivity contribution is 0.339. The van der Waals surface area contributed by atoms with Gasteiger partial charge >= 0.3 is 0 Å². The molecular weight excluding hydrogens is 257 g/mol. The second-order valence-corrected chi connectivity index (χ2v) is 4.45.